The van der Waals surface area contributed by atoms with Gasteiger partial charge in [-0.2, -0.15) is 18.7 Å². The Hall–Kier alpha value is -0.330. The molecule has 0 bridgehead atoms. The minimum Gasteiger partial charge on any atom is -0.389 e. The Morgan fingerprint density at radius 2 is 1.85 bits per heavy atom. The van der Waals surface area contributed by atoms with Gasteiger partial charge in [0.2, 0.25) is 0 Å². The number of alkyl halides is 3. The molecule has 13 heavy (non-hydrogen) atoms. The van der Waals surface area contributed by atoms with E-state index in [1.54, 1.807) is 0 Å². The Morgan fingerprint density at radius 1 is 1.38 bits per heavy atom. The van der Waals surface area contributed by atoms with Crippen LogP contribution in [-0.2, 0) is 4.84 Å². The number of hydrogen-bond acceptors (Lipinski definition) is 3. The third kappa shape index (κ3) is 6.80. The van der Waals surface area contributed by atoms with E-state index in [2.05, 4.69) is 10.3 Å². The van der Waals surface area contributed by atoms with Crippen LogP contribution in [0.5, 0.6) is 0 Å². The van der Waals surface area contributed by atoms with Gasteiger partial charge in [0.25, 0.3) is 0 Å². The summed E-state index contributed by atoms with van der Waals surface area (Å²) in [7, 11) is 0. The van der Waals surface area contributed by atoms with Crippen molar-refractivity contribution in [2.45, 2.75) is 38.6 Å². The molecule has 0 rings (SSSR count). The summed E-state index contributed by atoms with van der Waals surface area (Å²) in [4.78, 5) is 4.15. The molecule has 0 amide bonds. The highest BCUT2D eigenvalue weighted by Crippen LogP contribution is 2.14. The molecule has 0 saturated carbocycles. The number of aliphatic hydroxyl groups is 1. The summed E-state index contributed by atoms with van der Waals surface area (Å²) in [6.07, 6.45) is -4.35. The first-order chi connectivity index (χ1) is 5.63. The second-order valence-electron chi connectivity index (χ2n) is 3.40. The largest absolute Gasteiger partial charge is 0.413 e. The van der Waals surface area contributed by atoms with Crippen molar-refractivity contribution in [3.63, 3.8) is 0 Å². The molecule has 1 unspecified atom stereocenters. The van der Waals surface area contributed by atoms with Gasteiger partial charge in [-0.15, -0.1) is 0 Å². The van der Waals surface area contributed by atoms with Crippen LogP contribution in [0.4, 0.5) is 13.2 Å². The first-order valence-corrected chi connectivity index (χ1v) is 3.79. The van der Waals surface area contributed by atoms with Gasteiger partial charge in [-0.1, -0.05) is 0 Å². The van der Waals surface area contributed by atoms with Crippen molar-refractivity contribution in [2.24, 2.45) is 0 Å². The Bertz CT molecular complexity index is 153. The fraction of sp³-hybridized carbons (Fsp3) is 1.00. The van der Waals surface area contributed by atoms with Crippen LogP contribution in [0, 0.1) is 0 Å². The fourth-order valence-electron chi connectivity index (χ4n) is 0.393. The minimum absolute atomic E-state index is 0.574. The molecule has 0 aromatic rings. The Labute approximate surface area is 74.8 Å². The fourth-order valence-corrected chi connectivity index (χ4v) is 0.393. The summed E-state index contributed by atoms with van der Waals surface area (Å²) in [6, 6.07) is -0.574. The quantitative estimate of drug-likeness (QED) is 0.672. The maximum Gasteiger partial charge on any atom is 0.413 e. The number of hydrogen-bond donors (Lipinski definition) is 2. The first-order valence-electron chi connectivity index (χ1n) is 3.79. The molecule has 0 aliphatic heterocycles. The molecular formula is C7H14F3NO2. The molecule has 0 fully saturated rings. The van der Waals surface area contributed by atoms with E-state index in [1.807, 2.05) is 0 Å². The zero-order chi connectivity index (χ0) is 10.7. The van der Waals surface area contributed by atoms with Crippen LogP contribution in [0.25, 0.3) is 0 Å². The van der Waals surface area contributed by atoms with Gasteiger partial charge in [0, 0.05) is 0 Å². The lowest BCUT2D eigenvalue weighted by Crippen LogP contribution is -2.45. The third-order valence-electron chi connectivity index (χ3n) is 1.56. The molecule has 0 aromatic carbocycles. The van der Waals surface area contributed by atoms with Crippen molar-refractivity contribution < 1.29 is 23.1 Å². The highest BCUT2D eigenvalue weighted by Gasteiger charge is 2.29. The Balaban J connectivity index is 3.67. The molecule has 0 saturated heterocycles. The second kappa shape index (κ2) is 4.26. The topological polar surface area (TPSA) is 41.5 Å². The van der Waals surface area contributed by atoms with Crippen LogP contribution in [0.1, 0.15) is 20.8 Å². The summed E-state index contributed by atoms with van der Waals surface area (Å²) < 4.78 is 34.7. The zero-order valence-electron chi connectivity index (χ0n) is 7.77. The normalized spacial score (nSPS) is 15.9. The highest BCUT2D eigenvalue weighted by atomic mass is 19.4. The maximum atomic E-state index is 11.6. The van der Waals surface area contributed by atoms with E-state index in [4.69, 9.17) is 0 Å². The first kappa shape index (κ1) is 12.7. The van der Waals surface area contributed by atoms with Crippen LogP contribution in [0.3, 0.4) is 0 Å². The van der Waals surface area contributed by atoms with Gasteiger partial charge in [-0.25, -0.2) is 0 Å². The smallest absolute Gasteiger partial charge is 0.389 e. The monoisotopic (exact) mass is 201 g/mol. The lowest BCUT2D eigenvalue weighted by molar-refractivity contribution is -0.198. The van der Waals surface area contributed by atoms with Crippen molar-refractivity contribution in [2.75, 3.05) is 6.61 Å². The van der Waals surface area contributed by atoms with E-state index in [-0.39, 0.29) is 0 Å². The van der Waals surface area contributed by atoms with E-state index in [0.29, 0.717) is 0 Å². The number of rotatable bonds is 4. The number of nitrogens with one attached hydrogen (secondary N) is 1. The number of halogens is 3. The standard InChI is InChI=1S/C7H14F3NO2/c1-5(6(2,3)12)11-13-4-7(8,9)10/h5,11-12H,4H2,1-3H3. The SMILES string of the molecule is CC(NOCC(F)(F)F)C(C)(C)O. The van der Waals surface area contributed by atoms with Gasteiger partial charge in [0.1, 0.15) is 0 Å². The molecule has 1 atom stereocenters. The molecule has 0 heterocycles. The van der Waals surface area contributed by atoms with Crippen LogP contribution in [0.2, 0.25) is 0 Å². The molecule has 0 aliphatic carbocycles. The molecule has 80 valence electrons. The summed E-state index contributed by atoms with van der Waals surface area (Å²) in [5.41, 5.74) is 0.990. The van der Waals surface area contributed by atoms with Crippen LogP contribution in [-0.4, -0.2) is 29.5 Å². The van der Waals surface area contributed by atoms with E-state index in [0.717, 1.165) is 0 Å². The average Bonchev–Trinajstić information content (AvgIpc) is 1.82. The zero-order valence-corrected chi connectivity index (χ0v) is 7.77. The maximum absolute atomic E-state index is 11.6. The molecule has 0 spiro atoms. The van der Waals surface area contributed by atoms with Gasteiger partial charge in [-0.3, -0.25) is 4.84 Å². The van der Waals surface area contributed by atoms with Crippen LogP contribution < -0.4 is 5.48 Å². The van der Waals surface area contributed by atoms with E-state index < -0.39 is 24.4 Å². The van der Waals surface area contributed by atoms with Gasteiger partial charge < -0.3 is 5.11 Å². The van der Waals surface area contributed by atoms with Gasteiger partial charge >= 0.3 is 6.18 Å². The van der Waals surface area contributed by atoms with Crippen LogP contribution in [0.15, 0.2) is 0 Å². The second-order valence-corrected chi connectivity index (χ2v) is 3.40. The van der Waals surface area contributed by atoms with E-state index in [9.17, 15) is 18.3 Å². The van der Waals surface area contributed by atoms with Crippen molar-refractivity contribution in [3.8, 4) is 0 Å². The van der Waals surface area contributed by atoms with Crippen molar-refractivity contribution in [3.05, 3.63) is 0 Å². The summed E-state index contributed by atoms with van der Waals surface area (Å²) in [5.74, 6) is 0. The highest BCUT2D eigenvalue weighted by molar-refractivity contribution is 4.76. The van der Waals surface area contributed by atoms with E-state index >= 15 is 0 Å². The van der Waals surface area contributed by atoms with E-state index in [1.165, 1.54) is 20.8 Å². The van der Waals surface area contributed by atoms with Gasteiger partial charge in [-0.05, 0) is 20.8 Å². The van der Waals surface area contributed by atoms with Gasteiger partial charge in [0.15, 0.2) is 6.61 Å². The molecule has 0 aliphatic rings. The Kier molecular flexibility index (Phi) is 4.15. The summed E-state index contributed by atoms with van der Waals surface area (Å²) in [6.45, 7) is 3.10. The number of hydroxylamine groups is 1. The minimum atomic E-state index is -4.35. The molecule has 0 aromatic heterocycles. The van der Waals surface area contributed by atoms with Gasteiger partial charge in [0.05, 0.1) is 11.6 Å². The molecule has 0 radical (unpaired) electrons. The molecule has 2 N–H and O–H groups in total. The third-order valence-corrected chi connectivity index (χ3v) is 1.56. The molecule has 3 nitrogen and oxygen atoms in total. The molecule has 6 heteroatoms. The summed E-state index contributed by atoms with van der Waals surface area (Å²) in [5, 5.41) is 9.29. The van der Waals surface area contributed by atoms with Crippen molar-refractivity contribution >= 4 is 0 Å². The Morgan fingerprint density at radius 3 is 2.15 bits per heavy atom. The molecular weight excluding hydrogens is 187 g/mol. The lowest BCUT2D eigenvalue weighted by Gasteiger charge is -2.26. The predicted molar refractivity (Wildman–Crippen MR) is 40.9 cm³/mol. The summed E-state index contributed by atoms with van der Waals surface area (Å²) >= 11 is 0. The van der Waals surface area contributed by atoms with Crippen molar-refractivity contribution in [1.29, 1.82) is 0 Å². The van der Waals surface area contributed by atoms with Crippen molar-refractivity contribution in [1.82, 2.24) is 5.48 Å². The lowest BCUT2D eigenvalue weighted by atomic mass is 10.0. The average molecular weight is 201 g/mol. The predicted octanol–water partition coefficient (Wildman–Crippen LogP) is 1.23. The van der Waals surface area contributed by atoms with Crippen LogP contribution >= 0.6 is 0 Å².